The molecule has 0 aliphatic rings. The van der Waals surface area contributed by atoms with E-state index < -0.39 is 11.5 Å². The number of carbonyl (C=O) groups excluding carboxylic acids is 1. The molecule has 1 amide bonds. The number of halogens is 1. The van der Waals surface area contributed by atoms with Crippen LogP contribution in [-0.4, -0.2) is 21.5 Å². The highest BCUT2D eigenvalue weighted by molar-refractivity contribution is 5.97. The third-order valence-electron chi connectivity index (χ3n) is 4.34. The summed E-state index contributed by atoms with van der Waals surface area (Å²) < 4.78 is 14.6. The average Bonchev–Trinajstić information content (AvgIpc) is 2.65. The SMILES string of the molecule is CC[C@H](C)NC(=O)c1cc2cccnc2n(Cc2ccc(F)cc2)c1=O. The second-order valence-corrected chi connectivity index (χ2v) is 6.27. The molecule has 134 valence electrons. The number of pyridine rings is 2. The van der Waals surface area contributed by atoms with Gasteiger partial charge in [-0.2, -0.15) is 0 Å². The second-order valence-electron chi connectivity index (χ2n) is 6.27. The van der Waals surface area contributed by atoms with Crippen molar-refractivity contribution in [1.82, 2.24) is 14.9 Å². The van der Waals surface area contributed by atoms with Crippen LogP contribution in [0.3, 0.4) is 0 Å². The Labute approximate surface area is 150 Å². The number of rotatable bonds is 5. The summed E-state index contributed by atoms with van der Waals surface area (Å²) in [5, 5.41) is 3.53. The number of aromatic nitrogens is 2. The first-order valence-electron chi connectivity index (χ1n) is 8.53. The van der Waals surface area contributed by atoms with E-state index in [0.717, 1.165) is 12.0 Å². The van der Waals surface area contributed by atoms with Crippen molar-refractivity contribution in [3.63, 3.8) is 0 Å². The summed E-state index contributed by atoms with van der Waals surface area (Å²) in [6, 6.07) is 11.0. The molecule has 0 radical (unpaired) electrons. The summed E-state index contributed by atoms with van der Waals surface area (Å²) in [4.78, 5) is 29.8. The maximum absolute atomic E-state index is 13.1. The zero-order valence-electron chi connectivity index (χ0n) is 14.7. The molecule has 0 spiro atoms. The zero-order chi connectivity index (χ0) is 18.7. The van der Waals surface area contributed by atoms with Crippen molar-refractivity contribution in [3.05, 3.63) is 76.0 Å². The number of carbonyl (C=O) groups is 1. The van der Waals surface area contributed by atoms with E-state index in [1.165, 1.54) is 16.7 Å². The molecule has 0 aliphatic carbocycles. The number of benzene rings is 1. The Morgan fingerprint density at radius 3 is 2.69 bits per heavy atom. The molecule has 6 heteroatoms. The van der Waals surface area contributed by atoms with Crippen molar-refractivity contribution in [2.24, 2.45) is 0 Å². The third-order valence-corrected chi connectivity index (χ3v) is 4.34. The van der Waals surface area contributed by atoms with Crippen LogP contribution in [0.4, 0.5) is 4.39 Å². The molecule has 2 heterocycles. The van der Waals surface area contributed by atoms with E-state index in [2.05, 4.69) is 10.3 Å². The Kier molecular flexibility index (Phi) is 5.11. The molecule has 0 unspecified atom stereocenters. The molecule has 0 aliphatic heterocycles. The number of nitrogens with one attached hydrogen (secondary N) is 1. The van der Waals surface area contributed by atoms with Crippen molar-refractivity contribution in [3.8, 4) is 0 Å². The number of hydrogen-bond donors (Lipinski definition) is 1. The second kappa shape index (κ2) is 7.47. The summed E-state index contributed by atoms with van der Waals surface area (Å²) >= 11 is 0. The number of amides is 1. The summed E-state index contributed by atoms with van der Waals surface area (Å²) in [5.41, 5.74) is 0.899. The fraction of sp³-hybridized carbons (Fsp3) is 0.250. The molecule has 1 aromatic carbocycles. The molecule has 0 saturated heterocycles. The topological polar surface area (TPSA) is 64.0 Å². The first-order chi connectivity index (χ1) is 12.5. The van der Waals surface area contributed by atoms with Crippen LogP contribution in [0, 0.1) is 5.82 Å². The Hall–Kier alpha value is -3.02. The fourth-order valence-electron chi connectivity index (χ4n) is 2.69. The van der Waals surface area contributed by atoms with E-state index in [-0.39, 0.29) is 24.0 Å². The van der Waals surface area contributed by atoms with E-state index in [0.29, 0.717) is 11.0 Å². The van der Waals surface area contributed by atoms with Gasteiger partial charge in [0.2, 0.25) is 0 Å². The molecule has 0 saturated carbocycles. The molecule has 1 N–H and O–H groups in total. The van der Waals surface area contributed by atoms with Crippen LogP contribution in [-0.2, 0) is 6.54 Å². The van der Waals surface area contributed by atoms with Gasteiger partial charge < -0.3 is 5.32 Å². The fourth-order valence-corrected chi connectivity index (χ4v) is 2.69. The monoisotopic (exact) mass is 353 g/mol. The van der Waals surface area contributed by atoms with Gasteiger partial charge in [-0.3, -0.25) is 14.2 Å². The molecule has 5 nitrogen and oxygen atoms in total. The first-order valence-corrected chi connectivity index (χ1v) is 8.53. The minimum absolute atomic E-state index is 0.0305. The quantitative estimate of drug-likeness (QED) is 0.766. The van der Waals surface area contributed by atoms with Gasteiger partial charge in [-0.15, -0.1) is 0 Å². The third kappa shape index (κ3) is 3.64. The number of fused-ring (bicyclic) bond motifs is 1. The number of hydrogen-bond acceptors (Lipinski definition) is 3. The summed E-state index contributed by atoms with van der Waals surface area (Å²) in [6.07, 6.45) is 2.37. The maximum Gasteiger partial charge on any atom is 0.265 e. The van der Waals surface area contributed by atoms with E-state index in [4.69, 9.17) is 0 Å². The van der Waals surface area contributed by atoms with Gasteiger partial charge in [0.1, 0.15) is 17.0 Å². The lowest BCUT2D eigenvalue weighted by molar-refractivity contribution is 0.0937. The van der Waals surface area contributed by atoms with E-state index in [1.807, 2.05) is 19.9 Å². The van der Waals surface area contributed by atoms with Gasteiger partial charge in [0.15, 0.2) is 0 Å². The van der Waals surface area contributed by atoms with Crippen molar-refractivity contribution < 1.29 is 9.18 Å². The maximum atomic E-state index is 13.1. The van der Waals surface area contributed by atoms with Crippen molar-refractivity contribution in [1.29, 1.82) is 0 Å². The van der Waals surface area contributed by atoms with Crippen LogP contribution in [0.5, 0.6) is 0 Å². The van der Waals surface area contributed by atoms with Crippen LogP contribution in [0.25, 0.3) is 11.0 Å². The van der Waals surface area contributed by atoms with Crippen LogP contribution in [0.2, 0.25) is 0 Å². The smallest absolute Gasteiger partial charge is 0.265 e. The summed E-state index contributed by atoms with van der Waals surface area (Å²) in [6.45, 7) is 4.05. The Morgan fingerprint density at radius 2 is 2.00 bits per heavy atom. The van der Waals surface area contributed by atoms with Gasteiger partial charge in [-0.1, -0.05) is 19.1 Å². The van der Waals surface area contributed by atoms with Crippen molar-refractivity contribution in [2.45, 2.75) is 32.9 Å². The first kappa shape index (κ1) is 17.8. The van der Waals surface area contributed by atoms with E-state index in [9.17, 15) is 14.0 Å². The highest BCUT2D eigenvalue weighted by Gasteiger charge is 2.17. The largest absolute Gasteiger partial charge is 0.349 e. The lowest BCUT2D eigenvalue weighted by atomic mass is 10.1. The Balaban J connectivity index is 2.11. The molecule has 0 bridgehead atoms. The standard InChI is InChI=1S/C20H20FN3O2/c1-3-13(2)23-19(25)17-11-15-5-4-10-22-18(15)24(20(17)26)12-14-6-8-16(21)9-7-14/h4-11,13H,3,12H2,1-2H3,(H,23,25)/t13-/m0/s1. The van der Waals surface area contributed by atoms with Gasteiger partial charge in [-0.05, 0) is 49.2 Å². The molecule has 1 atom stereocenters. The molecular formula is C20H20FN3O2. The van der Waals surface area contributed by atoms with Gasteiger partial charge in [0, 0.05) is 17.6 Å². The minimum atomic E-state index is -0.415. The van der Waals surface area contributed by atoms with Crippen molar-refractivity contribution in [2.75, 3.05) is 0 Å². The van der Waals surface area contributed by atoms with E-state index in [1.54, 1.807) is 30.5 Å². The minimum Gasteiger partial charge on any atom is -0.349 e. The lowest BCUT2D eigenvalue weighted by Gasteiger charge is -2.14. The molecule has 0 fully saturated rings. The van der Waals surface area contributed by atoms with Crippen LogP contribution < -0.4 is 10.9 Å². The van der Waals surface area contributed by atoms with E-state index >= 15 is 0 Å². The normalized spacial score (nSPS) is 12.1. The zero-order valence-corrected chi connectivity index (χ0v) is 14.7. The molecule has 3 rings (SSSR count). The van der Waals surface area contributed by atoms with Crippen LogP contribution in [0.15, 0.2) is 53.5 Å². The molecule has 26 heavy (non-hydrogen) atoms. The Morgan fingerprint density at radius 1 is 1.27 bits per heavy atom. The molecular weight excluding hydrogens is 333 g/mol. The number of nitrogens with zero attached hydrogens (tertiary/aromatic N) is 2. The predicted molar refractivity (Wildman–Crippen MR) is 98.7 cm³/mol. The van der Waals surface area contributed by atoms with Gasteiger partial charge >= 0.3 is 0 Å². The van der Waals surface area contributed by atoms with Gasteiger partial charge in [0.05, 0.1) is 6.54 Å². The summed E-state index contributed by atoms with van der Waals surface area (Å²) in [5.74, 6) is -0.742. The van der Waals surface area contributed by atoms with Crippen LogP contribution in [0.1, 0.15) is 36.2 Å². The average molecular weight is 353 g/mol. The van der Waals surface area contributed by atoms with Crippen LogP contribution >= 0.6 is 0 Å². The predicted octanol–water partition coefficient (Wildman–Crippen LogP) is 3.11. The van der Waals surface area contributed by atoms with Gasteiger partial charge in [0.25, 0.3) is 11.5 Å². The van der Waals surface area contributed by atoms with Crippen molar-refractivity contribution >= 4 is 16.9 Å². The Bertz CT molecular complexity index is 996. The molecule has 2 aromatic heterocycles. The molecule has 3 aromatic rings. The highest BCUT2D eigenvalue weighted by Crippen LogP contribution is 2.13. The lowest BCUT2D eigenvalue weighted by Crippen LogP contribution is -2.37. The summed E-state index contributed by atoms with van der Waals surface area (Å²) in [7, 11) is 0. The van der Waals surface area contributed by atoms with Gasteiger partial charge in [-0.25, -0.2) is 9.37 Å². The highest BCUT2D eigenvalue weighted by atomic mass is 19.1.